The predicted molar refractivity (Wildman–Crippen MR) is 199 cm³/mol. The second-order valence-electron chi connectivity index (χ2n) is 12.8. The molecule has 7 nitrogen and oxygen atoms in total. The minimum Gasteiger partial charge on any atom is -0.465 e. The van der Waals surface area contributed by atoms with Crippen molar-refractivity contribution in [2.45, 2.75) is 136 Å². The van der Waals surface area contributed by atoms with Gasteiger partial charge in [0.15, 0.2) is 0 Å². The highest BCUT2D eigenvalue weighted by molar-refractivity contribution is 8.76. The van der Waals surface area contributed by atoms with Crippen molar-refractivity contribution in [3.63, 3.8) is 0 Å². The zero-order chi connectivity index (χ0) is 34.4. The van der Waals surface area contributed by atoms with E-state index in [0.29, 0.717) is 30.5 Å². The number of likely N-dealkylation sites (N-methyl/N-ethyl adjacent to an activating group) is 1. The van der Waals surface area contributed by atoms with Gasteiger partial charge in [-0.3, -0.25) is 19.3 Å². The molecule has 0 spiro atoms. The quantitative estimate of drug-likeness (QED) is 0.0326. The number of benzene rings is 1. The van der Waals surface area contributed by atoms with E-state index in [0.717, 1.165) is 31.2 Å². The Bertz CT molecular complexity index is 907. The third-order valence-corrected chi connectivity index (χ3v) is 10.4. The van der Waals surface area contributed by atoms with Crippen molar-refractivity contribution in [2.75, 3.05) is 45.4 Å². The number of carbonyl (C=O) groups excluding carboxylic acids is 3. The summed E-state index contributed by atoms with van der Waals surface area (Å²) >= 11 is 0. The molecule has 0 aliphatic heterocycles. The van der Waals surface area contributed by atoms with Gasteiger partial charge in [-0.1, -0.05) is 150 Å². The average molecular weight is 696 g/mol. The normalized spacial score (nSPS) is 11.3. The third kappa shape index (κ3) is 25.9. The number of esters is 3. The maximum absolute atomic E-state index is 13.2. The van der Waals surface area contributed by atoms with E-state index in [2.05, 4.69) is 13.8 Å². The number of carbonyl (C=O) groups is 3. The number of hydrogen-bond donors (Lipinski definition) is 0. The Kier molecular flexibility index (Phi) is 28.0. The first kappa shape index (κ1) is 43.3. The van der Waals surface area contributed by atoms with E-state index in [1.807, 2.05) is 26.2 Å². The van der Waals surface area contributed by atoms with Gasteiger partial charge in [-0.2, -0.15) is 0 Å². The first-order valence-electron chi connectivity index (χ1n) is 18.4. The summed E-state index contributed by atoms with van der Waals surface area (Å²) < 4.78 is 16.4. The van der Waals surface area contributed by atoms with E-state index in [1.165, 1.54) is 89.9 Å². The van der Waals surface area contributed by atoms with Crippen molar-refractivity contribution >= 4 is 39.5 Å². The van der Waals surface area contributed by atoms with Crippen LogP contribution in [-0.2, 0) is 30.3 Å². The van der Waals surface area contributed by atoms with E-state index in [4.69, 9.17) is 14.2 Å². The summed E-state index contributed by atoms with van der Waals surface area (Å²) in [5, 5.41) is 0. The predicted octanol–water partition coefficient (Wildman–Crippen LogP) is 9.84. The fourth-order valence-electron chi connectivity index (χ4n) is 5.32. The molecule has 0 fully saturated rings. The fraction of sp³-hybridized carbons (Fsp3) is 0.763. The lowest BCUT2D eigenvalue weighted by molar-refractivity contribution is -0.144. The molecule has 0 saturated carbocycles. The fourth-order valence-corrected chi connectivity index (χ4v) is 6.98. The Hall–Kier alpha value is -1.71. The van der Waals surface area contributed by atoms with Crippen LogP contribution >= 0.6 is 21.6 Å². The third-order valence-electron chi connectivity index (χ3n) is 8.02. The molecule has 47 heavy (non-hydrogen) atoms. The van der Waals surface area contributed by atoms with Crippen molar-refractivity contribution in [2.24, 2.45) is 5.92 Å². The molecule has 1 rings (SSSR count). The Balaban J connectivity index is 2.38. The first-order chi connectivity index (χ1) is 22.8. The Morgan fingerprint density at radius 2 is 1.09 bits per heavy atom. The minimum absolute atomic E-state index is 0.0565. The van der Waals surface area contributed by atoms with Crippen molar-refractivity contribution in [3.05, 3.63) is 29.8 Å². The maximum Gasteiger partial charge on any atom is 0.320 e. The number of rotatable bonds is 31. The molecule has 1 aromatic carbocycles. The van der Waals surface area contributed by atoms with Crippen LogP contribution in [0.5, 0.6) is 5.75 Å². The van der Waals surface area contributed by atoms with Crippen LogP contribution in [0.4, 0.5) is 0 Å². The van der Waals surface area contributed by atoms with Gasteiger partial charge in [0.2, 0.25) is 0 Å². The molecule has 0 aliphatic rings. The van der Waals surface area contributed by atoms with Gasteiger partial charge >= 0.3 is 17.9 Å². The van der Waals surface area contributed by atoms with Gasteiger partial charge in [0, 0.05) is 11.5 Å². The summed E-state index contributed by atoms with van der Waals surface area (Å²) in [5.74, 6) is 1.19. The van der Waals surface area contributed by atoms with Crippen LogP contribution in [-0.4, -0.2) is 68.2 Å². The molecule has 0 aliphatic carbocycles. The SMILES string of the molecule is CCCCCCCCCCC(CCCCCCCCCC)C(=O)Oc1ccc(CC(=O)OCCSSCCOC(=O)CN(C)C)cc1. The highest BCUT2D eigenvalue weighted by Gasteiger charge is 2.20. The second-order valence-corrected chi connectivity index (χ2v) is 15.5. The monoisotopic (exact) mass is 695 g/mol. The van der Waals surface area contributed by atoms with E-state index >= 15 is 0 Å². The van der Waals surface area contributed by atoms with E-state index in [-0.39, 0.29) is 36.8 Å². The summed E-state index contributed by atoms with van der Waals surface area (Å²) in [6.07, 6.45) is 22.1. The number of nitrogens with zero attached hydrogens (tertiary/aromatic N) is 1. The Morgan fingerprint density at radius 1 is 0.638 bits per heavy atom. The molecule has 1 aromatic rings. The van der Waals surface area contributed by atoms with Crippen molar-refractivity contribution < 1.29 is 28.6 Å². The molecule has 270 valence electrons. The van der Waals surface area contributed by atoms with Gasteiger partial charge in [0.05, 0.1) is 18.9 Å². The lowest BCUT2D eigenvalue weighted by Crippen LogP contribution is -2.24. The van der Waals surface area contributed by atoms with Crippen LogP contribution in [0.15, 0.2) is 24.3 Å². The summed E-state index contributed by atoms with van der Waals surface area (Å²) in [4.78, 5) is 38.8. The lowest BCUT2D eigenvalue weighted by atomic mass is 9.94. The van der Waals surface area contributed by atoms with E-state index in [9.17, 15) is 14.4 Å². The van der Waals surface area contributed by atoms with Gasteiger partial charge < -0.3 is 14.2 Å². The number of unbranched alkanes of at least 4 members (excludes halogenated alkanes) is 14. The number of hydrogen-bond acceptors (Lipinski definition) is 9. The average Bonchev–Trinajstić information content (AvgIpc) is 3.04. The second kappa shape index (κ2) is 30.4. The van der Waals surface area contributed by atoms with Gasteiger partial charge in [0.25, 0.3) is 0 Å². The van der Waals surface area contributed by atoms with Crippen LogP contribution in [0, 0.1) is 5.92 Å². The summed E-state index contributed by atoms with van der Waals surface area (Å²) in [5.41, 5.74) is 0.825. The molecule has 0 radical (unpaired) electrons. The van der Waals surface area contributed by atoms with Gasteiger partial charge in [-0.05, 0) is 44.6 Å². The molecule has 0 N–H and O–H groups in total. The zero-order valence-electron chi connectivity index (χ0n) is 30.1. The van der Waals surface area contributed by atoms with Crippen molar-refractivity contribution in [1.29, 1.82) is 0 Å². The van der Waals surface area contributed by atoms with Crippen LogP contribution in [0.3, 0.4) is 0 Å². The molecule has 0 heterocycles. The standard InChI is InChI=1S/C38H65NO6S2/c1-5-7-9-11-13-15-17-19-21-34(22-20-18-16-14-12-10-8-6-2)38(42)45-35-25-23-33(24-26-35)31-36(40)43-27-29-46-47-30-28-44-37(41)32-39(3)4/h23-26,34H,5-22,27-32H2,1-4H3. The van der Waals surface area contributed by atoms with Gasteiger partial charge in [0.1, 0.15) is 19.0 Å². The van der Waals surface area contributed by atoms with Crippen LogP contribution in [0.2, 0.25) is 0 Å². The molecule has 0 saturated heterocycles. The highest BCUT2D eigenvalue weighted by Crippen LogP contribution is 2.24. The largest absolute Gasteiger partial charge is 0.465 e. The van der Waals surface area contributed by atoms with E-state index < -0.39 is 0 Å². The summed E-state index contributed by atoms with van der Waals surface area (Å²) in [6, 6.07) is 7.22. The van der Waals surface area contributed by atoms with Gasteiger partial charge in [-0.25, -0.2) is 0 Å². The molecular formula is C38H65NO6S2. The Morgan fingerprint density at radius 3 is 1.55 bits per heavy atom. The molecule has 9 heteroatoms. The molecule has 0 atom stereocenters. The summed E-state index contributed by atoms with van der Waals surface area (Å²) in [7, 11) is 6.83. The molecule has 0 aromatic heterocycles. The highest BCUT2D eigenvalue weighted by atomic mass is 33.1. The van der Waals surface area contributed by atoms with Crippen molar-refractivity contribution in [1.82, 2.24) is 4.90 Å². The van der Waals surface area contributed by atoms with Crippen molar-refractivity contribution in [3.8, 4) is 5.75 Å². The maximum atomic E-state index is 13.2. The van der Waals surface area contributed by atoms with E-state index in [1.54, 1.807) is 38.6 Å². The molecule has 0 amide bonds. The lowest BCUT2D eigenvalue weighted by Gasteiger charge is -2.16. The Labute approximate surface area is 294 Å². The smallest absolute Gasteiger partial charge is 0.320 e. The van der Waals surface area contributed by atoms with Crippen LogP contribution < -0.4 is 4.74 Å². The molecule has 0 unspecified atom stereocenters. The summed E-state index contributed by atoms with van der Waals surface area (Å²) in [6.45, 7) is 5.47. The number of ether oxygens (including phenoxy) is 3. The zero-order valence-corrected chi connectivity index (χ0v) is 31.7. The topological polar surface area (TPSA) is 82.1 Å². The van der Waals surface area contributed by atoms with Crippen LogP contribution in [0.1, 0.15) is 135 Å². The first-order valence-corrected chi connectivity index (χ1v) is 20.9. The molecule has 0 bridgehead atoms. The molecular weight excluding hydrogens is 631 g/mol. The van der Waals surface area contributed by atoms with Crippen LogP contribution in [0.25, 0.3) is 0 Å². The minimum atomic E-state index is -0.284. The van der Waals surface area contributed by atoms with Gasteiger partial charge in [-0.15, -0.1) is 0 Å².